The second-order valence-corrected chi connectivity index (χ2v) is 6.52. The Labute approximate surface area is 145 Å². The van der Waals surface area contributed by atoms with E-state index in [4.69, 9.17) is 4.74 Å². The summed E-state index contributed by atoms with van der Waals surface area (Å²) in [5.41, 5.74) is 2.24. The van der Waals surface area contributed by atoms with Crippen LogP contribution in [0.5, 0.6) is 5.88 Å². The summed E-state index contributed by atoms with van der Waals surface area (Å²) in [4.78, 5) is 3.92. The van der Waals surface area contributed by atoms with E-state index >= 15 is 0 Å². The van der Waals surface area contributed by atoms with Crippen molar-refractivity contribution in [3.63, 3.8) is 0 Å². The Morgan fingerprint density at radius 3 is 2.71 bits per heavy atom. The average Bonchev–Trinajstić information content (AvgIpc) is 2.54. The van der Waals surface area contributed by atoms with E-state index in [1.165, 1.54) is 18.3 Å². The molecule has 2 rings (SSSR count). The van der Waals surface area contributed by atoms with Crippen LogP contribution in [0.25, 0.3) is 0 Å². The maximum atomic E-state index is 13.0. The Morgan fingerprint density at radius 1 is 1.29 bits per heavy atom. The highest BCUT2D eigenvalue weighted by atomic mass is 32.2. The summed E-state index contributed by atoms with van der Waals surface area (Å²) < 4.78 is 32.5. The molecule has 0 saturated carbocycles. The zero-order valence-corrected chi connectivity index (χ0v) is 14.6. The summed E-state index contributed by atoms with van der Waals surface area (Å²) in [5.74, 6) is -0.0698. The molecule has 0 aliphatic heterocycles. The van der Waals surface area contributed by atoms with E-state index < -0.39 is 11.4 Å². The molecule has 0 spiro atoms. The van der Waals surface area contributed by atoms with Crippen LogP contribution in [0.3, 0.4) is 0 Å². The SMILES string of the molecule is C[C@@H](N[S+](C)[O-])c1ccc(CNCCOc2cc(F)ccn2)cc1. The number of hydrogen-bond donors (Lipinski definition) is 2. The molecule has 0 aliphatic carbocycles. The first-order valence-electron chi connectivity index (χ1n) is 7.68. The van der Waals surface area contributed by atoms with Crippen molar-refractivity contribution in [3.8, 4) is 5.88 Å². The lowest BCUT2D eigenvalue weighted by Gasteiger charge is -2.14. The Hall–Kier alpha value is -1.67. The third kappa shape index (κ3) is 6.45. The number of hydrogen-bond acceptors (Lipinski definition) is 5. The summed E-state index contributed by atoms with van der Waals surface area (Å²) in [6.07, 6.45) is 3.00. The maximum absolute atomic E-state index is 13.0. The molecule has 24 heavy (non-hydrogen) atoms. The molecule has 0 saturated heterocycles. The summed E-state index contributed by atoms with van der Waals surface area (Å²) in [7, 11) is 0. The molecule has 0 bridgehead atoms. The first-order chi connectivity index (χ1) is 11.5. The fourth-order valence-corrected chi connectivity index (χ4v) is 2.80. The molecule has 0 fully saturated rings. The molecule has 5 nitrogen and oxygen atoms in total. The van der Waals surface area contributed by atoms with Gasteiger partial charge in [-0.1, -0.05) is 24.3 Å². The van der Waals surface area contributed by atoms with Gasteiger partial charge < -0.3 is 14.6 Å². The number of ether oxygens (including phenoxy) is 1. The number of halogens is 1. The molecule has 0 amide bonds. The molecular formula is C17H22FN3O2S. The smallest absolute Gasteiger partial charge is 0.216 e. The zero-order valence-electron chi connectivity index (χ0n) is 13.8. The molecule has 7 heteroatoms. The van der Waals surface area contributed by atoms with Gasteiger partial charge in [0.2, 0.25) is 5.88 Å². The van der Waals surface area contributed by atoms with Gasteiger partial charge in [0.05, 0.1) is 6.04 Å². The summed E-state index contributed by atoms with van der Waals surface area (Å²) >= 11 is -1.03. The van der Waals surface area contributed by atoms with Crippen LogP contribution in [0.2, 0.25) is 0 Å². The van der Waals surface area contributed by atoms with E-state index in [1.807, 2.05) is 31.2 Å². The number of nitrogens with one attached hydrogen (secondary N) is 2. The number of benzene rings is 1. The van der Waals surface area contributed by atoms with Gasteiger partial charge in [0.1, 0.15) is 18.7 Å². The third-order valence-corrected chi connectivity index (χ3v) is 4.06. The normalized spacial score (nSPS) is 13.5. The number of aromatic nitrogens is 1. The van der Waals surface area contributed by atoms with Gasteiger partial charge in [-0.15, -0.1) is 4.72 Å². The van der Waals surface area contributed by atoms with Gasteiger partial charge in [-0.25, -0.2) is 9.37 Å². The molecule has 1 aromatic heterocycles. The van der Waals surface area contributed by atoms with E-state index in [0.29, 0.717) is 19.7 Å². The van der Waals surface area contributed by atoms with Crippen LogP contribution in [0.1, 0.15) is 24.1 Å². The Bertz CT molecular complexity index is 625. The van der Waals surface area contributed by atoms with Gasteiger partial charge in [0.25, 0.3) is 0 Å². The summed E-state index contributed by atoms with van der Waals surface area (Å²) in [6.45, 7) is 3.73. The lowest BCUT2D eigenvalue weighted by atomic mass is 10.1. The molecule has 1 heterocycles. The molecule has 2 N–H and O–H groups in total. The monoisotopic (exact) mass is 351 g/mol. The van der Waals surface area contributed by atoms with Crippen LogP contribution < -0.4 is 14.8 Å². The van der Waals surface area contributed by atoms with E-state index in [-0.39, 0.29) is 17.7 Å². The third-order valence-electron chi connectivity index (χ3n) is 3.38. The van der Waals surface area contributed by atoms with Gasteiger partial charge >= 0.3 is 0 Å². The van der Waals surface area contributed by atoms with Crippen molar-refractivity contribution >= 4 is 11.4 Å². The predicted molar refractivity (Wildman–Crippen MR) is 93.5 cm³/mol. The molecule has 0 aliphatic rings. The topological polar surface area (TPSA) is 69.2 Å². The number of nitrogens with zero attached hydrogens (tertiary/aromatic N) is 1. The number of rotatable bonds is 9. The minimum absolute atomic E-state index is 0.0463. The molecular weight excluding hydrogens is 329 g/mol. The molecule has 1 aromatic carbocycles. The van der Waals surface area contributed by atoms with Gasteiger partial charge in [-0.3, -0.25) is 0 Å². The fraction of sp³-hybridized carbons (Fsp3) is 0.353. The van der Waals surface area contributed by atoms with Crippen molar-refractivity contribution in [2.24, 2.45) is 0 Å². The lowest BCUT2D eigenvalue weighted by molar-refractivity contribution is 0.300. The van der Waals surface area contributed by atoms with Gasteiger partial charge in [-0.2, -0.15) is 0 Å². The first kappa shape index (κ1) is 18.7. The van der Waals surface area contributed by atoms with Crippen molar-refractivity contribution in [2.75, 3.05) is 19.4 Å². The highest BCUT2D eigenvalue weighted by molar-refractivity contribution is 7.88. The van der Waals surface area contributed by atoms with Crippen LogP contribution in [0, 0.1) is 5.82 Å². The second kappa shape index (κ2) is 9.58. The maximum Gasteiger partial charge on any atom is 0.216 e. The van der Waals surface area contributed by atoms with Crippen molar-refractivity contribution in [1.29, 1.82) is 0 Å². The van der Waals surface area contributed by atoms with Crippen molar-refractivity contribution in [2.45, 2.75) is 19.5 Å². The van der Waals surface area contributed by atoms with Crippen LogP contribution in [0.4, 0.5) is 4.39 Å². The lowest BCUT2D eigenvalue weighted by Crippen LogP contribution is -2.25. The predicted octanol–water partition coefficient (Wildman–Crippen LogP) is 2.33. The quantitative estimate of drug-likeness (QED) is 0.536. The fourth-order valence-electron chi connectivity index (χ4n) is 2.17. The Morgan fingerprint density at radius 2 is 2.04 bits per heavy atom. The minimum Gasteiger partial charge on any atom is -0.598 e. The minimum atomic E-state index is -1.03. The van der Waals surface area contributed by atoms with Crippen LogP contribution >= 0.6 is 0 Å². The Kier molecular flexibility index (Phi) is 7.45. The van der Waals surface area contributed by atoms with E-state index in [2.05, 4.69) is 15.0 Å². The first-order valence-corrected chi connectivity index (χ1v) is 9.24. The summed E-state index contributed by atoms with van der Waals surface area (Å²) in [6, 6.07) is 10.7. The highest BCUT2D eigenvalue weighted by Gasteiger charge is 2.09. The zero-order chi connectivity index (χ0) is 17.4. The van der Waals surface area contributed by atoms with Crippen LogP contribution in [-0.4, -0.2) is 28.9 Å². The van der Waals surface area contributed by atoms with Crippen LogP contribution in [-0.2, 0) is 17.9 Å². The molecule has 0 radical (unpaired) electrons. The molecule has 130 valence electrons. The second-order valence-electron chi connectivity index (χ2n) is 5.37. The van der Waals surface area contributed by atoms with Gasteiger partial charge in [-0.05, 0) is 24.1 Å². The van der Waals surface area contributed by atoms with Crippen molar-refractivity contribution < 1.29 is 13.7 Å². The van der Waals surface area contributed by atoms with Gasteiger partial charge in [0, 0.05) is 36.7 Å². The summed E-state index contributed by atoms with van der Waals surface area (Å²) in [5, 5.41) is 3.26. The van der Waals surface area contributed by atoms with Gasteiger partial charge in [0.15, 0.2) is 0 Å². The molecule has 2 aromatic rings. The van der Waals surface area contributed by atoms with E-state index in [1.54, 1.807) is 6.26 Å². The number of pyridine rings is 1. The van der Waals surface area contributed by atoms with Crippen molar-refractivity contribution in [3.05, 3.63) is 59.5 Å². The van der Waals surface area contributed by atoms with E-state index in [0.717, 1.165) is 11.1 Å². The molecule has 1 unspecified atom stereocenters. The largest absolute Gasteiger partial charge is 0.598 e. The highest BCUT2D eigenvalue weighted by Crippen LogP contribution is 2.14. The Balaban J connectivity index is 1.69. The van der Waals surface area contributed by atoms with E-state index in [9.17, 15) is 8.94 Å². The van der Waals surface area contributed by atoms with Crippen molar-refractivity contribution in [1.82, 2.24) is 15.0 Å². The average molecular weight is 351 g/mol. The standard InChI is InChI=1S/C17H22FN3O2S/c1-13(21-24(2)22)15-5-3-14(4-6-15)12-19-9-10-23-17-11-16(18)7-8-20-17/h3-8,11,13,19,21H,9-10,12H2,1-2H3/t13-,24?/m1/s1. The van der Waals surface area contributed by atoms with Crippen LogP contribution in [0.15, 0.2) is 42.6 Å². The molecule has 2 atom stereocenters.